The maximum atomic E-state index is 12.3. The van der Waals surface area contributed by atoms with Crippen LogP contribution in [-0.2, 0) is 11.3 Å². The number of hydrogen-bond donors (Lipinski definition) is 0. The van der Waals surface area contributed by atoms with Crippen LogP contribution >= 0.6 is 23.2 Å². The van der Waals surface area contributed by atoms with Crippen LogP contribution < -0.4 is 4.57 Å². The van der Waals surface area contributed by atoms with Crippen LogP contribution in [-0.4, -0.2) is 17.9 Å². The Kier molecular flexibility index (Phi) is 5.74. The molecule has 0 spiro atoms. The van der Waals surface area contributed by atoms with Gasteiger partial charge in [-0.2, -0.15) is 4.57 Å². The lowest BCUT2D eigenvalue weighted by molar-refractivity contribution is -0.683. The maximum Gasteiger partial charge on any atom is 0.344 e. The quantitative estimate of drug-likeness (QED) is 0.468. The van der Waals surface area contributed by atoms with Gasteiger partial charge in [0.25, 0.3) is 0 Å². The molecular formula is C17H16Cl2NO3+. The van der Waals surface area contributed by atoms with Crippen LogP contribution in [0.5, 0.6) is 0 Å². The molecule has 1 aromatic carbocycles. The number of carbonyl (C=O) groups excluding carboxylic acids is 2. The van der Waals surface area contributed by atoms with Crippen molar-refractivity contribution in [2.24, 2.45) is 0 Å². The molecule has 0 fully saturated rings. The lowest BCUT2D eigenvalue weighted by atomic mass is 10.1. The molecule has 0 atom stereocenters. The number of aromatic nitrogens is 1. The lowest BCUT2D eigenvalue weighted by Gasteiger charge is -2.07. The maximum absolute atomic E-state index is 12.3. The lowest BCUT2D eigenvalue weighted by Crippen LogP contribution is -2.38. The summed E-state index contributed by atoms with van der Waals surface area (Å²) in [5.41, 5.74) is 0.773. The molecule has 0 bridgehead atoms. The number of rotatable bonds is 5. The minimum absolute atomic E-state index is 0.0597. The topological polar surface area (TPSA) is 47.2 Å². The molecule has 1 aromatic heterocycles. The highest BCUT2D eigenvalue weighted by Crippen LogP contribution is 2.21. The number of hydrogen-bond acceptors (Lipinski definition) is 3. The van der Waals surface area contributed by atoms with E-state index in [1.54, 1.807) is 55.1 Å². The van der Waals surface area contributed by atoms with Crippen molar-refractivity contribution in [1.82, 2.24) is 0 Å². The van der Waals surface area contributed by atoms with Gasteiger partial charge in [0.15, 0.2) is 12.4 Å². The van der Waals surface area contributed by atoms with Crippen molar-refractivity contribution >= 4 is 35.0 Å². The van der Waals surface area contributed by atoms with Crippen molar-refractivity contribution in [1.29, 1.82) is 0 Å². The van der Waals surface area contributed by atoms with Crippen LogP contribution in [0, 0.1) is 0 Å². The summed E-state index contributed by atoms with van der Waals surface area (Å²) in [7, 11) is 0. The van der Waals surface area contributed by atoms with Crippen LogP contribution in [0.25, 0.3) is 0 Å². The summed E-state index contributed by atoms with van der Waals surface area (Å²) >= 11 is 11.9. The van der Waals surface area contributed by atoms with E-state index in [4.69, 9.17) is 27.9 Å². The summed E-state index contributed by atoms with van der Waals surface area (Å²) < 4.78 is 6.76. The van der Waals surface area contributed by atoms with Gasteiger partial charge < -0.3 is 4.74 Å². The molecule has 0 N–H and O–H groups in total. The first kappa shape index (κ1) is 17.4. The number of nitrogens with zero attached hydrogens (tertiary/aromatic N) is 1. The number of Topliss-reactive ketones (excluding diaryl/α,β-unsaturated/α-hetero) is 1. The second-order valence-corrected chi connectivity index (χ2v) is 6.11. The molecule has 23 heavy (non-hydrogen) atoms. The van der Waals surface area contributed by atoms with Gasteiger partial charge in [-0.1, -0.05) is 23.2 Å². The monoisotopic (exact) mass is 352 g/mol. The highest BCUT2D eigenvalue weighted by molar-refractivity contribution is 6.36. The normalized spacial score (nSPS) is 10.7. The van der Waals surface area contributed by atoms with Gasteiger partial charge in [-0.05, 0) is 38.1 Å². The van der Waals surface area contributed by atoms with E-state index in [0.717, 1.165) is 0 Å². The highest BCUT2D eigenvalue weighted by atomic mass is 35.5. The smallest absolute Gasteiger partial charge is 0.344 e. The second kappa shape index (κ2) is 7.57. The molecule has 0 saturated carbocycles. The fraction of sp³-hybridized carbons (Fsp3) is 0.235. The minimum Gasteiger partial charge on any atom is -0.459 e. The van der Waals surface area contributed by atoms with Crippen molar-refractivity contribution in [2.75, 3.05) is 0 Å². The molecule has 2 rings (SSSR count). The molecule has 0 aliphatic rings. The molecule has 0 saturated heterocycles. The molecule has 0 amide bonds. The first-order valence-corrected chi connectivity index (χ1v) is 7.80. The summed E-state index contributed by atoms with van der Waals surface area (Å²) in [4.78, 5) is 24.2. The first-order valence-electron chi connectivity index (χ1n) is 7.05. The van der Waals surface area contributed by atoms with Gasteiger partial charge in [0.1, 0.15) is 5.56 Å². The third-order valence-corrected chi connectivity index (χ3v) is 3.54. The van der Waals surface area contributed by atoms with Gasteiger partial charge in [0.2, 0.25) is 12.3 Å². The molecule has 6 heteroatoms. The summed E-state index contributed by atoms with van der Waals surface area (Å²) in [5.74, 6) is -0.600. The van der Waals surface area contributed by atoms with Gasteiger partial charge in [-0.15, -0.1) is 0 Å². The molecule has 4 nitrogen and oxygen atoms in total. The van der Waals surface area contributed by atoms with Crippen LogP contribution in [0.15, 0.2) is 42.7 Å². The Labute approximate surface area is 144 Å². The number of benzene rings is 1. The number of esters is 1. The predicted octanol–water partition coefficient (Wildman–Crippen LogP) is 3.73. The summed E-state index contributed by atoms with van der Waals surface area (Å²) in [6, 6.07) is 8.05. The molecule has 0 aliphatic heterocycles. The second-order valence-electron chi connectivity index (χ2n) is 5.27. The summed E-state index contributed by atoms with van der Waals surface area (Å²) in [6.07, 6.45) is 3.07. The van der Waals surface area contributed by atoms with Gasteiger partial charge >= 0.3 is 5.97 Å². The number of carbonyl (C=O) groups is 2. The van der Waals surface area contributed by atoms with Crippen LogP contribution in [0.1, 0.15) is 34.6 Å². The number of halogens is 2. The Morgan fingerprint density at radius 1 is 1.22 bits per heavy atom. The Morgan fingerprint density at radius 2 is 1.96 bits per heavy atom. The first-order chi connectivity index (χ1) is 10.9. The van der Waals surface area contributed by atoms with Gasteiger partial charge in [0, 0.05) is 16.7 Å². The molecule has 0 aliphatic carbocycles. The predicted molar refractivity (Wildman–Crippen MR) is 88.0 cm³/mol. The zero-order valence-electron chi connectivity index (χ0n) is 12.8. The Bertz CT molecular complexity index is 744. The average molecular weight is 353 g/mol. The van der Waals surface area contributed by atoms with E-state index in [9.17, 15) is 9.59 Å². The van der Waals surface area contributed by atoms with Gasteiger partial charge in [-0.3, -0.25) is 4.79 Å². The SMILES string of the molecule is CC(C)OC(=O)c1ccc[n+](CC(=O)c2ccc(Cl)cc2Cl)c1. The number of ether oxygens (including phenoxy) is 1. The van der Waals surface area contributed by atoms with Crippen LogP contribution in [0.2, 0.25) is 10.0 Å². The Hall–Kier alpha value is -1.91. The zero-order valence-corrected chi connectivity index (χ0v) is 14.3. The van der Waals surface area contributed by atoms with Crippen molar-refractivity contribution < 1.29 is 18.9 Å². The third-order valence-electron chi connectivity index (χ3n) is 2.99. The van der Waals surface area contributed by atoms with E-state index in [1.165, 1.54) is 6.07 Å². The van der Waals surface area contributed by atoms with E-state index < -0.39 is 5.97 Å². The van der Waals surface area contributed by atoms with Gasteiger partial charge in [-0.25, -0.2) is 4.79 Å². The third kappa shape index (κ3) is 4.78. The Balaban J connectivity index is 2.17. The highest BCUT2D eigenvalue weighted by Gasteiger charge is 2.18. The number of ketones is 1. The largest absolute Gasteiger partial charge is 0.459 e. The van der Waals surface area contributed by atoms with Gasteiger partial charge in [0.05, 0.1) is 11.1 Å². The zero-order chi connectivity index (χ0) is 17.0. The van der Waals surface area contributed by atoms with Crippen molar-refractivity contribution in [3.8, 4) is 0 Å². The van der Waals surface area contributed by atoms with E-state index in [-0.39, 0.29) is 18.4 Å². The van der Waals surface area contributed by atoms with Crippen molar-refractivity contribution in [3.63, 3.8) is 0 Å². The number of pyridine rings is 1. The minimum atomic E-state index is -0.425. The molecule has 0 unspecified atom stereocenters. The standard InChI is InChI=1S/C17H16Cl2NO3/c1-11(2)23-17(22)12-4-3-7-20(9-12)10-16(21)14-6-5-13(18)8-15(14)19/h3-9,11H,10H2,1-2H3/q+1. The fourth-order valence-electron chi connectivity index (χ4n) is 1.99. The molecule has 120 valence electrons. The summed E-state index contributed by atoms with van der Waals surface area (Å²) in [6.45, 7) is 3.62. The van der Waals surface area contributed by atoms with E-state index in [0.29, 0.717) is 21.2 Å². The van der Waals surface area contributed by atoms with Crippen LogP contribution in [0.3, 0.4) is 0 Å². The molecular weight excluding hydrogens is 337 g/mol. The Morgan fingerprint density at radius 3 is 2.61 bits per heavy atom. The fourth-order valence-corrected chi connectivity index (χ4v) is 2.50. The van der Waals surface area contributed by atoms with Crippen LogP contribution in [0.4, 0.5) is 0 Å². The average Bonchev–Trinajstić information content (AvgIpc) is 2.46. The van der Waals surface area contributed by atoms with E-state index in [2.05, 4.69) is 0 Å². The molecule has 1 heterocycles. The van der Waals surface area contributed by atoms with E-state index >= 15 is 0 Å². The van der Waals surface area contributed by atoms with Crippen molar-refractivity contribution in [3.05, 3.63) is 63.9 Å². The summed E-state index contributed by atoms with van der Waals surface area (Å²) in [5, 5.41) is 0.774. The molecule has 0 radical (unpaired) electrons. The van der Waals surface area contributed by atoms with E-state index in [1.807, 2.05) is 0 Å². The molecule has 2 aromatic rings. The van der Waals surface area contributed by atoms with Crippen molar-refractivity contribution in [2.45, 2.75) is 26.5 Å².